The van der Waals surface area contributed by atoms with Crippen molar-refractivity contribution < 1.29 is 13.5 Å². The molecule has 0 fully saturated rings. The highest BCUT2D eigenvalue weighted by Crippen LogP contribution is 2.38. The smallest absolute Gasteiger partial charge is 0.164 e. The van der Waals surface area contributed by atoms with E-state index in [1.165, 1.54) is 18.2 Å². The maximum absolute atomic E-state index is 13.0. The summed E-state index contributed by atoms with van der Waals surface area (Å²) in [6.07, 6.45) is 0. The highest BCUT2D eigenvalue weighted by Gasteiger charge is 2.11. The molecule has 6 heteroatoms. The first kappa shape index (κ1) is 12.9. The largest absolute Gasteiger partial charge is 0.454 e. The minimum absolute atomic E-state index is 0.0856. The fraction of sp³-hybridized carbons (Fsp3) is 0. The number of ether oxygens (including phenoxy) is 1. The summed E-state index contributed by atoms with van der Waals surface area (Å²) >= 11 is 11.8. The molecule has 0 unspecified atom stereocenters. The van der Waals surface area contributed by atoms with Crippen LogP contribution in [-0.2, 0) is 0 Å². The Balaban J connectivity index is 2.37. The average Bonchev–Trinajstić information content (AvgIpc) is 2.28. The van der Waals surface area contributed by atoms with Crippen molar-refractivity contribution in [1.82, 2.24) is 0 Å². The first-order chi connectivity index (χ1) is 8.47. The van der Waals surface area contributed by atoms with Crippen LogP contribution in [0.3, 0.4) is 0 Å². The van der Waals surface area contributed by atoms with E-state index in [0.29, 0.717) is 5.69 Å². The molecule has 0 aliphatic heterocycles. The number of hydrogen-bond acceptors (Lipinski definition) is 2. The Morgan fingerprint density at radius 2 is 1.56 bits per heavy atom. The van der Waals surface area contributed by atoms with E-state index in [1.54, 1.807) is 0 Å². The molecule has 0 aromatic heterocycles. The highest BCUT2D eigenvalue weighted by atomic mass is 35.5. The second-order valence-electron chi connectivity index (χ2n) is 3.49. The Kier molecular flexibility index (Phi) is 3.59. The summed E-state index contributed by atoms with van der Waals surface area (Å²) in [5, 5.41) is 0.370. The first-order valence-electron chi connectivity index (χ1n) is 4.85. The number of nitrogen functional groups attached to an aromatic ring is 1. The van der Waals surface area contributed by atoms with Crippen LogP contribution in [0.4, 0.5) is 14.5 Å². The molecular weight excluding hydrogens is 283 g/mol. The van der Waals surface area contributed by atoms with Crippen LogP contribution in [0.1, 0.15) is 0 Å². The molecule has 0 amide bonds. The van der Waals surface area contributed by atoms with Gasteiger partial charge in [0.25, 0.3) is 0 Å². The zero-order valence-corrected chi connectivity index (χ0v) is 10.4. The first-order valence-corrected chi connectivity index (χ1v) is 5.60. The molecule has 2 aromatic rings. The third-order valence-electron chi connectivity index (χ3n) is 2.13. The van der Waals surface area contributed by atoms with Crippen molar-refractivity contribution in [1.29, 1.82) is 0 Å². The quantitative estimate of drug-likeness (QED) is 0.817. The van der Waals surface area contributed by atoms with Gasteiger partial charge < -0.3 is 10.5 Å². The average molecular weight is 290 g/mol. The van der Waals surface area contributed by atoms with Crippen LogP contribution >= 0.6 is 23.2 Å². The SMILES string of the molecule is Nc1cc(Cl)c(Oc2ccc(F)c(F)c2)c(Cl)c1. The van der Waals surface area contributed by atoms with Gasteiger partial charge in [0.15, 0.2) is 17.4 Å². The predicted molar refractivity (Wildman–Crippen MR) is 67.3 cm³/mol. The number of hydrogen-bond donors (Lipinski definition) is 1. The molecule has 0 spiro atoms. The van der Waals surface area contributed by atoms with E-state index in [2.05, 4.69) is 0 Å². The van der Waals surface area contributed by atoms with Crippen LogP contribution in [0.5, 0.6) is 11.5 Å². The minimum atomic E-state index is -1.02. The molecule has 0 saturated carbocycles. The fourth-order valence-electron chi connectivity index (χ4n) is 1.34. The van der Waals surface area contributed by atoms with E-state index in [4.69, 9.17) is 33.7 Å². The number of nitrogens with two attached hydrogens (primary N) is 1. The molecule has 0 radical (unpaired) electrons. The van der Waals surface area contributed by atoms with Crippen LogP contribution in [-0.4, -0.2) is 0 Å². The lowest BCUT2D eigenvalue weighted by Gasteiger charge is -2.10. The molecule has 2 aromatic carbocycles. The van der Waals surface area contributed by atoms with Crippen LogP contribution in [0.2, 0.25) is 10.0 Å². The van der Waals surface area contributed by atoms with Crippen molar-refractivity contribution in [2.45, 2.75) is 0 Å². The second-order valence-corrected chi connectivity index (χ2v) is 4.31. The van der Waals surface area contributed by atoms with Gasteiger partial charge in [-0.25, -0.2) is 8.78 Å². The molecule has 0 atom stereocenters. The molecule has 2 N–H and O–H groups in total. The van der Waals surface area contributed by atoms with Gasteiger partial charge in [-0.1, -0.05) is 23.2 Å². The van der Waals surface area contributed by atoms with Crippen LogP contribution < -0.4 is 10.5 Å². The van der Waals surface area contributed by atoms with Crippen molar-refractivity contribution in [2.75, 3.05) is 5.73 Å². The molecule has 2 rings (SSSR count). The van der Waals surface area contributed by atoms with Gasteiger partial charge in [0.05, 0.1) is 10.0 Å². The van der Waals surface area contributed by atoms with E-state index in [9.17, 15) is 8.78 Å². The molecule has 2 nitrogen and oxygen atoms in total. The molecule has 0 bridgehead atoms. The summed E-state index contributed by atoms with van der Waals surface area (Å²) in [5.41, 5.74) is 5.91. The highest BCUT2D eigenvalue weighted by molar-refractivity contribution is 6.37. The van der Waals surface area contributed by atoms with Gasteiger partial charge in [-0.15, -0.1) is 0 Å². The topological polar surface area (TPSA) is 35.2 Å². The van der Waals surface area contributed by atoms with Gasteiger partial charge in [-0.05, 0) is 24.3 Å². The summed E-state index contributed by atoms with van der Waals surface area (Å²) in [5.74, 6) is -1.76. The number of rotatable bonds is 2. The molecular formula is C12H7Cl2F2NO. The fourth-order valence-corrected chi connectivity index (χ4v) is 1.92. The third kappa shape index (κ3) is 2.66. The zero-order valence-electron chi connectivity index (χ0n) is 8.88. The summed E-state index contributed by atoms with van der Waals surface area (Å²) in [7, 11) is 0. The Bertz CT molecular complexity index is 582. The van der Waals surface area contributed by atoms with Crippen LogP contribution in [0.25, 0.3) is 0 Å². The Hall–Kier alpha value is -1.52. The lowest BCUT2D eigenvalue weighted by Crippen LogP contribution is -1.92. The lowest BCUT2D eigenvalue weighted by atomic mass is 10.3. The van der Waals surface area contributed by atoms with Gasteiger partial charge in [0.2, 0.25) is 0 Å². The van der Waals surface area contributed by atoms with E-state index in [0.717, 1.165) is 12.1 Å². The van der Waals surface area contributed by atoms with E-state index < -0.39 is 11.6 Å². The third-order valence-corrected chi connectivity index (χ3v) is 2.69. The molecule has 0 aliphatic carbocycles. The van der Waals surface area contributed by atoms with Gasteiger partial charge in [-0.2, -0.15) is 0 Å². The van der Waals surface area contributed by atoms with Crippen LogP contribution in [0, 0.1) is 11.6 Å². The predicted octanol–water partition coefficient (Wildman–Crippen LogP) is 4.65. The maximum atomic E-state index is 13.0. The Labute approximate surface area is 112 Å². The van der Waals surface area contributed by atoms with Crippen molar-refractivity contribution in [2.24, 2.45) is 0 Å². The molecule has 0 saturated heterocycles. The minimum Gasteiger partial charge on any atom is -0.454 e. The lowest BCUT2D eigenvalue weighted by molar-refractivity contribution is 0.462. The molecule has 0 heterocycles. The number of benzene rings is 2. The van der Waals surface area contributed by atoms with E-state index in [1.807, 2.05) is 0 Å². The van der Waals surface area contributed by atoms with Crippen molar-refractivity contribution >= 4 is 28.9 Å². The monoisotopic (exact) mass is 289 g/mol. The van der Waals surface area contributed by atoms with Gasteiger partial charge in [0.1, 0.15) is 5.75 Å². The Morgan fingerprint density at radius 1 is 0.944 bits per heavy atom. The summed E-state index contributed by atoms with van der Waals surface area (Å²) in [6.45, 7) is 0. The summed E-state index contributed by atoms with van der Waals surface area (Å²) < 4.78 is 31.1. The standard InChI is InChI=1S/C12H7Cl2F2NO/c13-8-3-6(17)4-9(14)12(8)18-7-1-2-10(15)11(16)5-7/h1-5H,17H2. The summed E-state index contributed by atoms with van der Waals surface area (Å²) in [6, 6.07) is 6.01. The second kappa shape index (κ2) is 5.00. The van der Waals surface area contributed by atoms with Gasteiger partial charge >= 0.3 is 0 Å². The normalized spacial score (nSPS) is 10.4. The van der Waals surface area contributed by atoms with Gasteiger partial charge in [-0.3, -0.25) is 0 Å². The van der Waals surface area contributed by atoms with Crippen LogP contribution in [0.15, 0.2) is 30.3 Å². The van der Waals surface area contributed by atoms with Crippen molar-refractivity contribution in [3.05, 3.63) is 52.0 Å². The Morgan fingerprint density at radius 3 is 2.11 bits per heavy atom. The summed E-state index contributed by atoms with van der Waals surface area (Å²) in [4.78, 5) is 0. The van der Waals surface area contributed by atoms with Crippen molar-refractivity contribution in [3.63, 3.8) is 0 Å². The maximum Gasteiger partial charge on any atom is 0.164 e. The number of anilines is 1. The molecule has 94 valence electrons. The van der Waals surface area contributed by atoms with E-state index in [-0.39, 0.29) is 21.5 Å². The van der Waals surface area contributed by atoms with Gasteiger partial charge in [0, 0.05) is 11.8 Å². The zero-order chi connectivity index (χ0) is 13.3. The molecule has 18 heavy (non-hydrogen) atoms. The van der Waals surface area contributed by atoms with E-state index >= 15 is 0 Å². The van der Waals surface area contributed by atoms with Crippen molar-refractivity contribution in [3.8, 4) is 11.5 Å². The molecule has 0 aliphatic rings. The number of halogens is 4.